The summed E-state index contributed by atoms with van der Waals surface area (Å²) in [6.45, 7) is 4.74. The summed E-state index contributed by atoms with van der Waals surface area (Å²) in [4.78, 5) is 12.4. The van der Waals surface area contributed by atoms with E-state index in [-0.39, 0.29) is 22.9 Å². The van der Waals surface area contributed by atoms with Crippen molar-refractivity contribution >= 4 is 38.4 Å². The monoisotopic (exact) mass is 443 g/mol. The van der Waals surface area contributed by atoms with E-state index in [9.17, 15) is 15.0 Å². The highest BCUT2D eigenvalue weighted by molar-refractivity contribution is 9.10. The largest absolute Gasteiger partial charge is 0.507 e. The number of fused-ring (bicyclic) bond motifs is 1. The summed E-state index contributed by atoms with van der Waals surface area (Å²) in [6, 6.07) is 10.4. The van der Waals surface area contributed by atoms with Gasteiger partial charge in [-0.3, -0.25) is 4.79 Å². The van der Waals surface area contributed by atoms with E-state index in [1.54, 1.807) is 10.6 Å². The number of aromatic nitrogens is 1. The molecule has 0 fully saturated rings. The second-order valence-electron chi connectivity index (χ2n) is 6.72. The SMILES string of the molecule is CCCCCn1c(O)c(N=NC(=O)c2cc(Br)ccc2O)c2cc(C)ccc21. The molecule has 6 nitrogen and oxygen atoms in total. The van der Waals surface area contributed by atoms with Crippen LogP contribution in [0.2, 0.25) is 0 Å². The summed E-state index contributed by atoms with van der Waals surface area (Å²) in [5.41, 5.74) is 2.18. The fourth-order valence-corrected chi connectivity index (χ4v) is 3.47. The normalized spacial score (nSPS) is 11.5. The van der Waals surface area contributed by atoms with Crippen LogP contribution in [0.3, 0.4) is 0 Å². The number of nitrogens with zero attached hydrogens (tertiary/aromatic N) is 3. The number of phenolic OH excluding ortho intramolecular Hbond substituents is 1. The Hall–Kier alpha value is -2.67. The molecule has 0 radical (unpaired) electrons. The van der Waals surface area contributed by atoms with Crippen molar-refractivity contribution in [2.24, 2.45) is 10.2 Å². The van der Waals surface area contributed by atoms with Gasteiger partial charge in [0.25, 0.3) is 5.91 Å². The Morgan fingerprint density at radius 1 is 1.14 bits per heavy atom. The Morgan fingerprint density at radius 2 is 1.93 bits per heavy atom. The Balaban J connectivity index is 2.01. The van der Waals surface area contributed by atoms with Crippen LogP contribution in [0.25, 0.3) is 10.9 Å². The van der Waals surface area contributed by atoms with Crippen LogP contribution >= 0.6 is 15.9 Å². The van der Waals surface area contributed by atoms with Crippen LogP contribution in [-0.2, 0) is 6.54 Å². The van der Waals surface area contributed by atoms with E-state index in [2.05, 4.69) is 33.1 Å². The minimum atomic E-state index is -0.683. The molecule has 1 amide bonds. The average molecular weight is 444 g/mol. The molecular weight excluding hydrogens is 422 g/mol. The van der Waals surface area contributed by atoms with Gasteiger partial charge in [-0.25, -0.2) is 0 Å². The molecule has 2 N–H and O–H groups in total. The first-order chi connectivity index (χ1) is 13.4. The third kappa shape index (κ3) is 4.09. The summed E-state index contributed by atoms with van der Waals surface area (Å²) in [6.07, 6.45) is 3.07. The number of azo groups is 1. The molecule has 0 unspecified atom stereocenters. The maximum absolute atomic E-state index is 12.4. The van der Waals surface area contributed by atoms with E-state index in [0.717, 1.165) is 35.7 Å². The molecule has 2 aromatic carbocycles. The number of hydrogen-bond acceptors (Lipinski definition) is 4. The zero-order valence-corrected chi connectivity index (χ0v) is 17.4. The van der Waals surface area contributed by atoms with Crippen LogP contribution in [-0.4, -0.2) is 20.7 Å². The van der Waals surface area contributed by atoms with Gasteiger partial charge in [-0.1, -0.05) is 47.3 Å². The van der Waals surface area contributed by atoms with E-state index < -0.39 is 5.91 Å². The highest BCUT2D eigenvalue weighted by Gasteiger charge is 2.18. The number of aromatic hydroxyl groups is 2. The van der Waals surface area contributed by atoms with Gasteiger partial charge in [0.05, 0.1) is 11.1 Å². The van der Waals surface area contributed by atoms with Gasteiger partial charge >= 0.3 is 0 Å². The van der Waals surface area contributed by atoms with E-state index in [1.165, 1.54) is 12.1 Å². The van der Waals surface area contributed by atoms with Gasteiger partial charge in [0.2, 0.25) is 5.88 Å². The number of phenols is 1. The minimum Gasteiger partial charge on any atom is -0.507 e. The number of hydrogen-bond donors (Lipinski definition) is 2. The standard InChI is InChI=1S/C21H22BrN3O3/c1-3-4-5-10-25-17-8-6-13(2)11-15(17)19(21(25)28)23-24-20(27)16-12-14(22)7-9-18(16)26/h6-9,11-12,26,28H,3-5,10H2,1-2H3. The van der Waals surface area contributed by atoms with Crippen molar-refractivity contribution in [1.29, 1.82) is 0 Å². The van der Waals surface area contributed by atoms with Crippen molar-refractivity contribution in [3.05, 3.63) is 52.0 Å². The molecule has 0 atom stereocenters. The molecule has 146 valence electrons. The van der Waals surface area contributed by atoms with Crippen molar-refractivity contribution in [3.63, 3.8) is 0 Å². The van der Waals surface area contributed by atoms with Gasteiger partial charge in [0.1, 0.15) is 5.75 Å². The van der Waals surface area contributed by atoms with Gasteiger partial charge in [0, 0.05) is 16.4 Å². The zero-order chi connectivity index (χ0) is 20.3. The first-order valence-corrected chi connectivity index (χ1v) is 9.98. The number of aryl methyl sites for hydroxylation is 2. The highest BCUT2D eigenvalue weighted by atomic mass is 79.9. The first kappa shape index (κ1) is 20.1. The second-order valence-corrected chi connectivity index (χ2v) is 7.63. The summed E-state index contributed by atoms with van der Waals surface area (Å²) in [7, 11) is 0. The molecule has 0 saturated carbocycles. The third-order valence-electron chi connectivity index (χ3n) is 4.58. The third-order valence-corrected chi connectivity index (χ3v) is 5.07. The molecule has 3 rings (SSSR count). The lowest BCUT2D eigenvalue weighted by Gasteiger charge is -2.06. The Kier molecular flexibility index (Phi) is 6.14. The molecular formula is C21H22BrN3O3. The smallest absolute Gasteiger partial charge is 0.299 e. The molecule has 3 aromatic rings. The number of amides is 1. The number of unbranched alkanes of at least 4 members (excludes halogenated alkanes) is 2. The Labute approximate surface area is 171 Å². The average Bonchev–Trinajstić information content (AvgIpc) is 2.92. The molecule has 1 aromatic heterocycles. The van der Waals surface area contributed by atoms with Crippen LogP contribution in [0.15, 0.2) is 51.1 Å². The molecule has 0 aliphatic rings. The number of halogens is 1. The minimum absolute atomic E-state index is 0.00767. The zero-order valence-electron chi connectivity index (χ0n) is 15.8. The molecule has 7 heteroatoms. The quantitative estimate of drug-likeness (QED) is 0.349. The van der Waals surface area contributed by atoms with E-state index in [0.29, 0.717) is 11.0 Å². The number of rotatable bonds is 6. The highest BCUT2D eigenvalue weighted by Crippen LogP contribution is 2.39. The van der Waals surface area contributed by atoms with E-state index in [1.807, 2.05) is 25.1 Å². The van der Waals surface area contributed by atoms with E-state index in [4.69, 9.17) is 0 Å². The van der Waals surface area contributed by atoms with Gasteiger partial charge < -0.3 is 14.8 Å². The van der Waals surface area contributed by atoms with Crippen LogP contribution in [0.1, 0.15) is 42.1 Å². The summed E-state index contributed by atoms with van der Waals surface area (Å²) in [5.74, 6) is -0.862. The lowest BCUT2D eigenvalue weighted by molar-refractivity contribution is 0.0992. The fourth-order valence-electron chi connectivity index (χ4n) is 3.11. The number of benzene rings is 2. The maximum atomic E-state index is 12.4. The molecule has 0 spiro atoms. The lowest BCUT2D eigenvalue weighted by atomic mass is 10.1. The van der Waals surface area contributed by atoms with E-state index >= 15 is 0 Å². The molecule has 28 heavy (non-hydrogen) atoms. The molecule has 1 heterocycles. The number of carbonyl (C=O) groups excluding carboxylic acids is 1. The topological polar surface area (TPSA) is 87.2 Å². The van der Waals surface area contributed by atoms with Crippen molar-refractivity contribution in [2.75, 3.05) is 0 Å². The molecule has 0 aliphatic heterocycles. The maximum Gasteiger partial charge on any atom is 0.299 e. The molecule has 0 aliphatic carbocycles. The summed E-state index contributed by atoms with van der Waals surface area (Å²) < 4.78 is 2.45. The van der Waals surface area contributed by atoms with Gasteiger partial charge in [-0.15, -0.1) is 10.2 Å². The van der Waals surface area contributed by atoms with Crippen LogP contribution in [0, 0.1) is 6.92 Å². The van der Waals surface area contributed by atoms with Gasteiger partial charge in [-0.05, 0) is 43.7 Å². The Morgan fingerprint density at radius 3 is 2.68 bits per heavy atom. The Bertz CT molecular complexity index is 1060. The summed E-state index contributed by atoms with van der Waals surface area (Å²) >= 11 is 3.27. The van der Waals surface area contributed by atoms with Crippen molar-refractivity contribution in [2.45, 2.75) is 39.7 Å². The lowest BCUT2D eigenvalue weighted by Crippen LogP contribution is -1.97. The fraction of sp³-hybridized carbons (Fsp3) is 0.286. The molecule has 0 saturated heterocycles. The van der Waals surface area contributed by atoms with Crippen molar-refractivity contribution < 1.29 is 15.0 Å². The van der Waals surface area contributed by atoms with Crippen LogP contribution in [0.5, 0.6) is 11.6 Å². The van der Waals surface area contributed by atoms with Crippen LogP contribution in [0.4, 0.5) is 5.69 Å². The molecule has 0 bridgehead atoms. The predicted molar refractivity (Wildman–Crippen MR) is 113 cm³/mol. The summed E-state index contributed by atoms with van der Waals surface area (Å²) in [5, 5.41) is 29.2. The number of carbonyl (C=O) groups is 1. The van der Waals surface area contributed by atoms with Crippen molar-refractivity contribution in [3.8, 4) is 11.6 Å². The van der Waals surface area contributed by atoms with Crippen LogP contribution < -0.4 is 0 Å². The second kappa shape index (κ2) is 8.56. The first-order valence-electron chi connectivity index (χ1n) is 9.18. The van der Waals surface area contributed by atoms with Gasteiger partial charge in [0.15, 0.2) is 5.69 Å². The predicted octanol–water partition coefficient (Wildman–Crippen LogP) is 6.24. The van der Waals surface area contributed by atoms with Gasteiger partial charge in [-0.2, -0.15) is 0 Å². The van der Waals surface area contributed by atoms with Crippen molar-refractivity contribution in [1.82, 2.24) is 4.57 Å².